The molecule has 2 aromatic heterocycles. The predicted octanol–water partition coefficient (Wildman–Crippen LogP) is 3.30. The lowest BCUT2D eigenvalue weighted by molar-refractivity contribution is 0.0519. The maximum absolute atomic E-state index is 13.3. The number of fused-ring (bicyclic) bond motifs is 1. The van der Waals surface area contributed by atoms with Crippen molar-refractivity contribution in [2.45, 2.75) is 20.0 Å². The van der Waals surface area contributed by atoms with Gasteiger partial charge in [-0.2, -0.15) is 5.10 Å². The Bertz CT molecular complexity index is 1360. The molecule has 0 radical (unpaired) electrons. The molecule has 33 heavy (non-hydrogen) atoms. The van der Waals surface area contributed by atoms with Gasteiger partial charge in [0, 0.05) is 17.6 Å². The Labute approximate surface area is 194 Å². The monoisotopic (exact) mass is 464 g/mol. The largest absolute Gasteiger partial charge is 0.461 e. The highest BCUT2D eigenvalue weighted by atomic mass is 35.5. The van der Waals surface area contributed by atoms with E-state index in [1.165, 1.54) is 21.3 Å². The minimum Gasteiger partial charge on any atom is -0.461 e. The van der Waals surface area contributed by atoms with E-state index >= 15 is 0 Å². The first-order valence-electron chi connectivity index (χ1n) is 10.3. The van der Waals surface area contributed by atoms with Crippen LogP contribution in [0.25, 0.3) is 5.52 Å². The van der Waals surface area contributed by atoms with Gasteiger partial charge in [-0.25, -0.2) is 9.31 Å². The molecule has 0 aliphatic rings. The van der Waals surface area contributed by atoms with Crippen molar-refractivity contribution in [3.05, 3.63) is 105 Å². The number of rotatable bonds is 7. The van der Waals surface area contributed by atoms with E-state index in [2.05, 4.69) is 10.4 Å². The van der Waals surface area contributed by atoms with Crippen molar-refractivity contribution >= 4 is 29.0 Å². The first-order chi connectivity index (χ1) is 16.0. The number of amides is 1. The number of hydrogen-bond acceptors (Lipinski definition) is 5. The fourth-order valence-electron chi connectivity index (χ4n) is 3.37. The molecule has 0 bridgehead atoms. The molecule has 8 nitrogen and oxygen atoms in total. The van der Waals surface area contributed by atoms with E-state index < -0.39 is 17.4 Å². The molecule has 0 fully saturated rings. The zero-order valence-corrected chi connectivity index (χ0v) is 18.6. The van der Waals surface area contributed by atoms with Crippen LogP contribution in [0, 0.1) is 0 Å². The van der Waals surface area contributed by atoms with Gasteiger partial charge >= 0.3 is 5.97 Å². The summed E-state index contributed by atoms with van der Waals surface area (Å²) in [4.78, 5) is 38.5. The minimum atomic E-state index is -0.639. The van der Waals surface area contributed by atoms with E-state index in [-0.39, 0.29) is 30.1 Å². The molecule has 9 heteroatoms. The smallest absolute Gasteiger partial charge is 0.358 e. The summed E-state index contributed by atoms with van der Waals surface area (Å²) < 4.78 is 7.58. The number of hydrogen-bond donors (Lipinski definition) is 1. The molecular weight excluding hydrogens is 444 g/mol. The van der Waals surface area contributed by atoms with Crippen LogP contribution < -0.4 is 10.9 Å². The van der Waals surface area contributed by atoms with Gasteiger partial charge in [-0.1, -0.05) is 54.1 Å². The normalized spacial score (nSPS) is 10.8. The third-order valence-corrected chi connectivity index (χ3v) is 5.25. The Hall–Kier alpha value is -3.91. The van der Waals surface area contributed by atoms with Crippen LogP contribution in [0.3, 0.4) is 0 Å². The highest BCUT2D eigenvalue weighted by molar-refractivity contribution is 6.30. The van der Waals surface area contributed by atoms with Crippen LogP contribution >= 0.6 is 11.6 Å². The van der Waals surface area contributed by atoms with Gasteiger partial charge in [0.25, 0.3) is 11.5 Å². The van der Waals surface area contributed by atoms with Crippen LogP contribution in [0.4, 0.5) is 0 Å². The van der Waals surface area contributed by atoms with E-state index in [0.717, 1.165) is 11.1 Å². The van der Waals surface area contributed by atoms with E-state index in [9.17, 15) is 14.4 Å². The molecule has 1 N–H and O–H groups in total. The van der Waals surface area contributed by atoms with Crippen molar-refractivity contribution in [2.24, 2.45) is 0 Å². The van der Waals surface area contributed by atoms with E-state index in [0.29, 0.717) is 11.6 Å². The number of ether oxygens (including phenoxy) is 1. The van der Waals surface area contributed by atoms with Crippen LogP contribution in [0.15, 0.2) is 71.7 Å². The second-order valence-corrected chi connectivity index (χ2v) is 7.72. The van der Waals surface area contributed by atoms with Crippen molar-refractivity contribution in [1.82, 2.24) is 19.5 Å². The summed E-state index contributed by atoms with van der Waals surface area (Å²) in [5, 5.41) is 7.55. The molecule has 0 saturated carbocycles. The van der Waals surface area contributed by atoms with Gasteiger partial charge in [0.05, 0.1) is 19.3 Å². The molecule has 168 valence electrons. The number of benzene rings is 2. The number of esters is 1. The van der Waals surface area contributed by atoms with Crippen molar-refractivity contribution in [3.63, 3.8) is 0 Å². The van der Waals surface area contributed by atoms with Crippen molar-refractivity contribution in [1.29, 1.82) is 0 Å². The molecule has 0 aliphatic heterocycles. The van der Waals surface area contributed by atoms with Crippen molar-refractivity contribution < 1.29 is 14.3 Å². The maximum atomic E-state index is 13.3. The minimum absolute atomic E-state index is 0.00571. The molecular formula is C24H21ClN4O4. The predicted molar refractivity (Wildman–Crippen MR) is 124 cm³/mol. The van der Waals surface area contributed by atoms with Gasteiger partial charge < -0.3 is 10.1 Å². The third-order valence-electron chi connectivity index (χ3n) is 5.00. The molecule has 0 atom stereocenters. The van der Waals surface area contributed by atoms with Crippen LogP contribution in [-0.4, -0.2) is 32.7 Å². The molecule has 0 saturated heterocycles. The zero-order chi connectivity index (χ0) is 23.4. The lowest BCUT2D eigenvalue weighted by Gasteiger charge is -2.14. The average molecular weight is 465 g/mol. The number of halogens is 1. The Morgan fingerprint density at radius 1 is 1.06 bits per heavy atom. The van der Waals surface area contributed by atoms with Crippen LogP contribution in [0.2, 0.25) is 5.02 Å². The molecule has 0 unspecified atom stereocenters. The van der Waals surface area contributed by atoms with Gasteiger partial charge in [-0.3, -0.25) is 14.2 Å². The SMILES string of the molecule is CCOC(=O)c1cc2c(=O)n(Cc3ccc(Cl)cc3)c(C(=O)NCc3ccccc3)cn2n1. The van der Waals surface area contributed by atoms with E-state index in [4.69, 9.17) is 16.3 Å². The first kappa shape index (κ1) is 22.3. The highest BCUT2D eigenvalue weighted by Gasteiger charge is 2.20. The van der Waals surface area contributed by atoms with Gasteiger partial charge in [0.15, 0.2) is 5.69 Å². The van der Waals surface area contributed by atoms with Gasteiger partial charge in [0.1, 0.15) is 11.2 Å². The van der Waals surface area contributed by atoms with Gasteiger partial charge in [-0.15, -0.1) is 0 Å². The Morgan fingerprint density at radius 2 is 1.79 bits per heavy atom. The number of carbonyl (C=O) groups is 2. The lowest BCUT2D eigenvalue weighted by atomic mass is 10.2. The summed E-state index contributed by atoms with van der Waals surface area (Å²) in [6.45, 7) is 2.29. The second-order valence-electron chi connectivity index (χ2n) is 7.28. The molecule has 4 aromatic rings. The van der Waals surface area contributed by atoms with Gasteiger partial charge in [0.2, 0.25) is 0 Å². The Balaban J connectivity index is 1.75. The van der Waals surface area contributed by atoms with Crippen molar-refractivity contribution in [3.8, 4) is 0 Å². The zero-order valence-electron chi connectivity index (χ0n) is 17.8. The highest BCUT2D eigenvalue weighted by Crippen LogP contribution is 2.13. The fraction of sp³-hybridized carbons (Fsp3) is 0.167. The average Bonchev–Trinajstić information content (AvgIpc) is 3.26. The van der Waals surface area contributed by atoms with E-state index in [1.54, 1.807) is 31.2 Å². The number of carbonyl (C=O) groups excluding carboxylic acids is 2. The van der Waals surface area contributed by atoms with Crippen molar-refractivity contribution in [2.75, 3.05) is 6.61 Å². The number of nitrogens with one attached hydrogen (secondary N) is 1. The summed E-state index contributed by atoms with van der Waals surface area (Å²) in [7, 11) is 0. The Morgan fingerprint density at radius 3 is 2.48 bits per heavy atom. The fourth-order valence-corrected chi connectivity index (χ4v) is 3.50. The molecule has 2 heterocycles. The Kier molecular flexibility index (Phi) is 6.55. The quantitative estimate of drug-likeness (QED) is 0.423. The summed E-state index contributed by atoms with van der Waals surface area (Å²) >= 11 is 5.98. The molecule has 0 aliphatic carbocycles. The van der Waals surface area contributed by atoms with E-state index in [1.807, 2.05) is 30.3 Å². The summed E-state index contributed by atoms with van der Waals surface area (Å²) in [5.74, 6) is -1.08. The van der Waals surface area contributed by atoms with Gasteiger partial charge in [-0.05, 0) is 30.2 Å². The summed E-state index contributed by atoms with van der Waals surface area (Å²) in [6, 6.07) is 17.8. The third kappa shape index (κ3) is 4.96. The summed E-state index contributed by atoms with van der Waals surface area (Å²) in [5.41, 5.74) is 1.51. The maximum Gasteiger partial charge on any atom is 0.358 e. The first-order valence-corrected chi connectivity index (χ1v) is 10.7. The lowest BCUT2D eigenvalue weighted by Crippen LogP contribution is -2.33. The summed E-state index contributed by atoms with van der Waals surface area (Å²) in [6.07, 6.45) is 1.44. The number of aromatic nitrogens is 3. The number of nitrogens with zero attached hydrogens (tertiary/aromatic N) is 3. The molecule has 4 rings (SSSR count). The standard InChI is InChI=1S/C24H21ClN4O4/c1-2-33-24(32)19-12-20-23(31)28(14-17-8-10-18(25)11-9-17)21(15-29(20)27-19)22(30)26-13-16-6-4-3-5-7-16/h3-12,15H,2,13-14H2,1H3,(H,26,30). The molecule has 1 amide bonds. The van der Waals surface area contributed by atoms with Crippen LogP contribution in [0.1, 0.15) is 39.0 Å². The topological polar surface area (TPSA) is 94.7 Å². The second kappa shape index (κ2) is 9.70. The molecule has 2 aromatic carbocycles. The van der Waals surface area contributed by atoms with Crippen LogP contribution in [-0.2, 0) is 17.8 Å². The van der Waals surface area contributed by atoms with Crippen LogP contribution in [0.5, 0.6) is 0 Å². The molecule has 0 spiro atoms.